The molecule has 2 nitrogen and oxygen atoms in total. The zero-order chi connectivity index (χ0) is 12.5. The lowest BCUT2D eigenvalue weighted by Gasteiger charge is -2.27. The quantitative estimate of drug-likeness (QED) is 0.847. The van der Waals surface area contributed by atoms with Crippen LogP contribution in [0.2, 0.25) is 0 Å². The Labute approximate surface area is 98.9 Å². The number of benzene rings is 1. The zero-order valence-corrected chi connectivity index (χ0v) is 11.2. The molecule has 0 fully saturated rings. The Morgan fingerprint density at radius 1 is 1.19 bits per heavy atom. The maximum absolute atomic E-state index is 10.2. The largest absolute Gasteiger partial charge is 0.386 e. The monoisotopic (exact) mass is 221 g/mol. The highest BCUT2D eigenvalue weighted by Crippen LogP contribution is 2.32. The van der Waals surface area contributed by atoms with E-state index in [1.165, 1.54) is 5.56 Å². The number of anilines is 1. The Morgan fingerprint density at radius 2 is 1.75 bits per heavy atom. The van der Waals surface area contributed by atoms with Crippen molar-refractivity contribution in [2.24, 2.45) is 0 Å². The Hall–Kier alpha value is -1.02. The van der Waals surface area contributed by atoms with Crippen LogP contribution in [0, 0.1) is 0 Å². The van der Waals surface area contributed by atoms with E-state index in [2.05, 4.69) is 32.0 Å². The van der Waals surface area contributed by atoms with Crippen LogP contribution in [0.25, 0.3) is 0 Å². The van der Waals surface area contributed by atoms with Crippen molar-refractivity contribution in [2.45, 2.75) is 39.2 Å². The van der Waals surface area contributed by atoms with Crippen LogP contribution in [-0.4, -0.2) is 19.2 Å². The normalized spacial score (nSPS) is 12.0. The lowest BCUT2D eigenvalue weighted by atomic mass is 9.91. The summed E-state index contributed by atoms with van der Waals surface area (Å²) in [6.45, 7) is 8.00. The van der Waals surface area contributed by atoms with Gasteiger partial charge in [0, 0.05) is 25.3 Å². The van der Waals surface area contributed by atoms with E-state index >= 15 is 0 Å². The summed E-state index contributed by atoms with van der Waals surface area (Å²) < 4.78 is 0. The van der Waals surface area contributed by atoms with E-state index < -0.39 is 5.60 Å². The molecule has 0 spiro atoms. The summed E-state index contributed by atoms with van der Waals surface area (Å²) in [7, 11) is 4.00. The van der Waals surface area contributed by atoms with E-state index in [1.54, 1.807) is 0 Å². The third-order valence-electron chi connectivity index (χ3n) is 2.83. The molecule has 0 saturated heterocycles. The topological polar surface area (TPSA) is 23.5 Å². The predicted molar refractivity (Wildman–Crippen MR) is 70.1 cm³/mol. The molecule has 0 saturated carbocycles. The van der Waals surface area contributed by atoms with Crippen LogP contribution < -0.4 is 4.90 Å². The zero-order valence-electron chi connectivity index (χ0n) is 11.2. The molecule has 0 heterocycles. The van der Waals surface area contributed by atoms with Crippen LogP contribution in [0.3, 0.4) is 0 Å². The highest BCUT2D eigenvalue weighted by atomic mass is 16.3. The molecule has 1 aromatic carbocycles. The second kappa shape index (κ2) is 4.46. The van der Waals surface area contributed by atoms with Gasteiger partial charge in [-0.15, -0.1) is 0 Å². The second-order valence-electron chi connectivity index (χ2n) is 5.38. The Morgan fingerprint density at radius 3 is 2.12 bits per heavy atom. The molecule has 0 radical (unpaired) electrons. The molecule has 16 heavy (non-hydrogen) atoms. The molecule has 0 aliphatic rings. The summed E-state index contributed by atoms with van der Waals surface area (Å²) >= 11 is 0. The lowest BCUT2D eigenvalue weighted by Crippen LogP contribution is -2.22. The number of aliphatic hydroxyl groups is 1. The fourth-order valence-corrected chi connectivity index (χ4v) is 1.79. The summed E-state index contributed by atoms with van der Waals surface area (Å²) in [4.78, 5) is 2.04. The van der Waals surface area contributed by atoms with Gasteiger partial charge in [-0.3, -0.25) is 0 Å². The first-order valence-electron chi connectivity index (χ1n) is 5.77. The van der Waals surface area contributed by atoms with Gasteiger partial charge < -0.3 is 10.0 Å². The van der Waals surface area contributed by atoms with Gasteiger partial charge in [0.05, 0.1) is 5.60 Å². The molecule has 0 amide bonds. The average molecular weight is 221 g/mol. The van der Waals surface area contributed by atoms with Crippen LogP contribution in [-0.2, 0) is 5.60 Å². The van der Waals surface area contributed by atoms with E-state index in [9.17, 15) is 5.11 Å². The SMILES string of the molecule is CC(C)c1ccc(N(C)C)c(C(C)(C)O)c1. The fraction of sp³-hybridized carbons (Fsp3) is 0.571. The molecule has 0 atom stereocenters. The average Bonchev–Trinajstić information content (AvgIpc) is 2.15. The molecule has 1 N–H and O–H groups in total. The van der Waals surface area contributed by atoms with Crippen molar-refractivity contribution in [1.82, 2.24) is 0 Å². The van der Waals surface area contributed by atoms with Gasteiger partial charge in [-0.1, -0.05) is 26.0 Å². The standard InChI is InChI=1S/C14H23NO/c1-10(2)11-7-8-13(15(5)6)12(9-11)14(3,4)16/h7-10,16H,1-6H3. The van der Waals surface area contributed by atoms with Crippen molar-refractivity contribution in [3.8, 4) is 0 Å². The summed E-state index contributed by atoms with van der Waals surface area (Å²) in [5.74, 6) is 0.484. The highest BCUT2D eigenvalue weighted by Gasteiger charge is 2.21. The van der Waals surface area contributed by atoms with Gasteiger partial charge in [0.2, 0.25) is 0 Å². The molecular formula is C14H23NO. The molecule has 0 bridgehead atoms. The van der Waals surface area contributed by atoms with Crippen molar-refractivity contribution < 1.29 is 5.11 Å². The van der Waals surface area contributed by atoms with Crippen LogP contribution in [0.15, 0.2) is 18.2 Å². The highest BCUT2D eigenvalue weighted by molar-refractivity contribution is 5.56. The first-order valence-corrected chi connectivity index (χ1v) is 5.77. The van der Waals surface area contributed by atoms with E-state index in [1.807, 2.05) is 32.8 Å². The van der Waals surface area contributed by atoms with Gasteiger partial charge in [0.25, 0.3) is 0 Å². The third-order valence-corrected chi connectivity index (χ3v) is 2.83. The minimum absolute atomic E-state index is 0.484. The van der Waals surface area contributed by atoms with E-state index in [0.717, 1.165) is 11.3 Å². The third kappa shape index (κ3) is 2.76. The Balaban J connectivity index is 3.33. The lowest BCUT2D eigenvalue weighted by molar-refractivity contribution is 0.0790. The molecule has 0 aliphatic carbocycles. The molecule has 0 unspecified atom stereocenters. The van der Waals surface area contributed by atoms with Gasteiger partial charge in [-0.05, 0) is 31.4 Å². The number of nitrogens with zero attached hydrogens (tertiary/aromatic N) is 1. The van der Waals surface area contributed by atoms with Crippen LogP contribution in [0.1, 0.15) is 44.7 Å². The molecule has 0 aliphatic heterocycles. The second-order valence-corrected chi connectivity index (χ2v) is 5.38. The summed E-state index contributed by atoms with van der Waals surface area (Å²) in [6.07, 6.45) is 0. The maximum atomic E-state index is 10.2. The first-order chi connectivity index (χ1) is 7.23. The van der Waals surface area contributed by atoms with Gasteiger partial charge >= 0.3 is 0 Å². The maximum Gasteiger partial charge on any atom is 0.0860 e. The predicted octanol–water partition coefficient (Wildman–Crippen LogP) is 3.10. The smallest absolute Gasteiger partial charge is 0.0860 e. The molecule has 0 aromatic heterocycles. The summed E-state index contributed by atoms with van der Waals surface area (Å²) in [5.41, 5.74) is 2.54. The van der Waals surface area contributed by atoms with Crippen LogP contribution >= 0.6 is 0 Å². The van der Waals surface area contributed by atoms with E-state index in [4.69, 9.17) is 0 Å². The van der Waals surface area contributed by atoms with Gasteiger partial charge in [-0.25, -0.2) is 0 Å². The Bertz CT molecular complexity index is 361. The molecule has 1 rings (SSSR count). The van der Waals surface area contributed by atoms with Gasteiger partial charge in [-0.2, -0.15) is 0 Å². The Kier molecular flexibility index (Phi) is 3.64. The van der Waals surface area contributed by atoms with Gasteiger partial charge in [0.15, 0.2) is 0 Å². The van der Waals surface area contributed by atoms with Crippen molar-refractivity contribution in [3.63, 3.8) is 0 Å². The van der Waals surface area contributed by atoms with Crippen LogP contribution in [0.4, 0.5) is 5.69 Å². The molecular weight excluding hydrogens is 198 g/mol. The first kappa shape index (κ1) is 13.0. The van der Waals surface area contributed by atoms with E-state index in [0.29, 0.717) is 5.92 Å². The number of hydrogen-bond donors (Lipinski definition) is 1. The fourth-order valence-electron chi connectivity index (χ4n) is 1.79. The minimum Gasteiger partial charge on any atom is -0.386 e. The van der Waals surface area contributed by atoms with Gasteiger partial charge in [0.1, 0.15) is 0 Å². The molecule has 1 aromatic rings. The van der Waals surface area contributed by atoms with E-state index in [-0.39, 0.29) is 0 Å². The molecule has 2 heteroatoms. The van der Waals surface area contributed by atoms with Crippen molar-refractivity contribution in [1.29, 1.82) is 0 Å². The minimum atomic E-state index is -0.801. The molecule has 90 valence electrons. The number of hydrogen-bond acceptors (Lipinski definition) is 2. The summed E-state index contributed by atoms with van der Waals surface area (Å²) in [6, 6.07) is 6.33. The van der Waals surface area contributed by atoms with Crippen molar-refractivity contribution in [3.05, 3.63) is 29.3 Å². The van der Waals surface area contributed by atoms with Crippen LogP contribution in [0.5, 0.6) is 0 Å². The van der Waals surface area contributed by atoms with Crippen molar-refractivity contribution >= 4 is 5.69 Å². The summed E-state index contributed by atoms with van der Waals surface area (Å²) in [5, 5.41) is 10.2. The van der Waals surface area contributed by atoms with Crippen molar-refractivity contribution in [2.75, 3.05) is 19.0 Å². The number of rotatable bonds is 3.